The van der Waals surface area contributed by atoms with Gasteiger partial charge in [0, 0.05) is 67.2 Å². The van der Waals surface area contributed by atoms with Gasteiger partial charge in [-0.3, -0.25) is 15.1 Å². The molecule has 234 valence electrons. The van der Waals surface area contributed by atoms with Gasteiger partial charge in [0.2, 0.25) is 5.91 Å². The number of rotatable bonds is 11. The Hall–Kier alpha value is -4.66. The molecule has 3 N–H and O–H groups in total. The van der Waals surface area contributed by atoms with Crippen LogP contribution in [-0.2, 0) is 11.3 Å². The Labute approximate surface area is 275 Å². The number of benzene rings is 3. The summed E-state index contributed by atoms with van der Waals surface area (Å²) < 4.78 is 2.36. The van der Waals surface area contributed by atoms with E-state index in [1.807, 2.05) is 47.5 Å². The summed E-state index contributed by atoms with van der Waals surface area (Å²) in [6, 6.07) is 28.2. The Morgan fingerprint density at radius 1 is 0.978 bits per heavy atom. The van der Waals surface area contributed by atoms with E-state index in [-0.39, 0.29) is 11.8 Å². The van der Waals surface area contributed by atoms with Crippen LogP contribution in [0.25, 0.3) is 11.6 Å². The fraction of sp³-hybridized carbons (Fsp3) is 0.237. The Morgan fingerprint density at radius 2 is 1.72 bits per heavy atom. The minimum atomic E-state index is -0.117. The predicted octanol–water partition coefficient (Wildman–Crippen LogP) is 6.36. The van der Waals surface area contributed by atoms with Gasteiger partial charge in [0.25, 0.3) is 0 Å². The summed E-state index contributed by atoms with van der Waals surface area (Å²) in [6.07, 6.45) is 7.77. The first kappa shape index (κ1) is 31.3. The number of nitrogens with two attached hydrogens (primary N) is 1. The molecule has 0 unspecified atom stereocenters. The number of hydrogen-bond acceptors (Lipinski definition) is 5. The SMILES string of the molecule is Cc1cc(C=C2Sc3ccccc3N2C)cc(C)[n+]1CCCCCC([O-])=Nc1ccc(NC(=O)CC2=C[NH2+]c3ccccc32)cc1. The van der Waals surface area contributed by atoms with Crippen molar-refractivity contribution in [3.8, 4) is 0 Å². The first-order chi connectivity index (χ1) is 22.3. The van der Waals surface area contributed by atoms with Crippen molar-refractivity contribution in [1.82, 2.24) is 0 Å². The number of fused-ring (bicyclic) bond motifs is 2. The number of amides is 1. The van der Waals surface area contributed by atoms with Crippen molar-refractivity contribution in [2.45, 2.75) is 57.4 Å². The van der Waals surface area contributed by atoms with E-state index in [1.54, 1.807) is 24.3 Å². The predicted molar refractivity (Wildman–Crippen MR) is 186 cm³/mol. The standard InChI is InChI=1S/C38H39N5O2S/c1-26-21-28(23-38-42(3)34-13-8-9-14-35(34)46-38)22-27(2)43(26)20-10-4-5-15-36(44)40-30-16-18-31(19-17-30)41-37(45)24-29-25-39-33-12-7-6-11-32(29)33/h6-9,11-14,16-19,21-23,25,39H,4-5,10,15,20,24H2,1-3H3,(H-,40,41,44,45)/p+1. The highest BCUT2D eigenvalue weighted by molar-refractivity contribution is 8.03. The summed E-state index contributed by atoms with van der Waals surface area (Å²) in [7, 11) is 2.12. The van der Waals surface area contributed by atoms with Crippen molar-refractivity contribution in [3.63, 3.8) is 0 Å². The second-order valence-electron chi connectivity index (χ2n) is 11.9. The molecule has 8 heteroatoms. The number of aryl methyl sites for hydroxylation is 2. The Morgan fingerprint density at radius 3 is 2.50 bits per heavy atom. The molecule has 0 saturated carbocycles. The molecule has 2 aliphatic heterocycles. The molecular formula is C38H40N5O2S+. The van der Waals surface area contributed by atoms with Gasteiger partial charge in [-0.1, -0.05) is 36.0 Å². The van der Waals surface area contributed by atoms with Gasteiger partial charge in [-0.2, -0.15) is 0 Å². The van der Waals surface area contributed by atoms with E-state index in [2.05, 4.69) is 83.1 Å². The molecule has 0 radical (unpaired) electrons. The van der Waals surface area contributed by atoms with Gasteiger partial charge in [-0.15, -0.1) is 0 Å². The molecule has 0 bridgehead atoms. The quantitative estimate of drug-likeness (QED) is 0.0664. The Bertz CT molecular complexity index is 1820. The minimum absolute atomic E-state index is 0.0729. The van der Waals surface area contributed by atoms with E-state index in [1.165, 1.54) is 32.6 Å². The van der Waals surface area contributed by atoms with Crippen molar-refractivity contribution in [2.24, 2.45) is 4.99 Å². The second kappa shape index (κ2) is 14.2. The number of nitrogens with one attached hydrogen (secondary N) is 1. The molecule has 0 aliphatic carbocycles. The summed E-state index contributed by atoms with van der Waals surface area (Å²) in [5.41, 5.74) is 9.49. The third kappa shape index (κ3) is 7.41. The van der Waals surface area contributed by atoms with Crippen molar-refractivity contribution in [3.05, 3.63) is 119 Å². The molecule has 1 aromatic heterocycles. The molecule has 7 nitrogen and oxygen atoms in total. The number of hydrogen-bond donors (Lipinski definition) is 2. The highest BCUT2D eigenvalue weighted by atomic mass is 32.2. The molecule has 4 aromatic rings. The number of aliphatic imine (C=N–C) groups is 1. The number of quaternary nitrogens is 1. The fourth-order valence-corrected chi connectivity index (χ4v) is 7.18. The lowest BCUT2D eigenvalue weighted by atomic mass is 10.0. The van der Waals surface area contributed by atoms with Crippen molar-refractivity contribution >= 4 is 58.0 Å². The molecule has 1 amide bonds. The molecule has 6 rings (SSSR count). The maximum atomic E-state index is 12.6. The van der Waals surface area contributed by atoms with Crippen LogP contribution in [0.2, 0.25) is 0 Å². The van der Waals surface area contributed by atoms with Gasteiger partial charge in [0.15, 0.2) is 11.4 Å². The summed E-state index contributed by atoms with van der Waals surface area (Å²) in [5.74, 6) is -0.189. The largest absolute Gasteiger partial charge is 0.862 e. The van der Waals surface area contributed by atoms with E-state index < -0.39 is 0 Å². The van der Waals surface area contributed by atoms with Crippen molar-refractivity contribution in [2.75, 3.05) is 17.3 Å². The van der Waals surface area contributed by atoms with E-state index in [0.717, 1.165) is 42.6 Å². The zero-order valence-corrected chi connectivity index (χ0v) is 27.4. The molecule has 3 aromatic carbocycles. The van der Waals surface area contributed by atoms with E-state index >= 15 is 0 Å². The van der Waals surface area contributed by atoms with E-state index in [0.29, 0.717) is 24.2 Å². The number of pyridine rings is 1. The maximum absolute atomic E-state index is 12.6. The van der Waals surface area contributed by atoms with Crippen LogP contribution < -0.4 is 25.2 Å². The van der Waals surface area contributed by atoms with Crippen LogP contribution in [0.5, 0.6) is 0 Å². The summed E-state index contributed by atoms with van der Waals surface area (Å²) in [5, 5.41) is 18.7. The van der Waals surface area contributed by atoms with Crippen LogP contribution in [0.1, 0.15) is 54.6 Å². The molecular weight excluding hydrogens is 591 g/mol. The average molecular weight is 631 g/mol. The number of unbranched alkanes of at least 4 members (excludes halogenated alkanes) is 2. The summed E-state index contributed by atoms with van der Waals surface area (Å²) >= 11 is 1.81. The number of thioether (sulfide) groups is 1. The van der Waals surface area contributed by atoms with Gasteiger partial charge < -0.3 is 15.3 Å². The monoisotopic (exact) mass is 630 g/mol. The maximum Gasteiger partial charge on any atom is 0.229 e. The first-order valence-electron chi connectivity index (χ1n) is 15.9. The Balaban J connectivity index is 0.939. The number of aromatic nitrogens is 1. The van der Waals surface area contributed by atoms with Crippen LogP contribution in [0, 0.1) is 13.8 Å². The minimum Gasteiger partial charge on any atom is -0.862 e. The number of carbonyl (C=O) groups is 1. The second-order valence-corrected chi connectivity index (χ2v) is 12.9. The van der Waals surface area contributed by atoms with Crippen LogP contribution in [-0.4, -0.2) is 18.9 Å². The third-order valence-electron chi connectivity index (χ3n) is 8.46. The van der Waals surface area contributed by atoms with Crippen molar-refractivity contribution < 1.29 is 19.8 Å². The molecule has 0 fully saturated rings. The van der Waals surface area contributed by atoms with E-state index in [4.69, 9.17) is 0 Å². The normalized spacial score (nSPS) is 14.8. The molecule has 3 heterocycles. The molecule has 2 aliphatic rings. The lowest BCUT2D eigenvalue weighted by Crippen LogP contribution is -2.69. The average Bonchev–Trinajstić information content (AvgIpc) is 3.59. The zero-order valence-electron chi connectivity index (χ0n) is 26.6. The van der Waals surface area contributed by atoms with Crippen LogP contribution in [0.3, 0.4) is 0 Å². The van der Waals surface area contributed by atoms with Crippen molar-refractivity contribution in [1.29, 1.82) is 0 Å². The summed E-state index contributed by atoms with van der Waals surface area (Å²) in [6.45, 7) is 5.26. The number of para-hydroxylation sites is 2. The van der Waals surface area contributed by atoms with Gasteiger partial charge in [0.05, 0.1) is 22.8 Å². The number of carbonyl (C=O) groups excluding carboxylic acids is 1. The van der Waals surface area contributed by atoms with Gasteiger partial charge >= 0.3 is 0 Å². The smallest absolute Gasteiger partial charge is 0.229 e. The third-order valence-corrected chi connectivity index (χ3v) is 9.63. The fourth-order valence-electron chi connectivity index (χ4n) is 6.07. The van der Waals surface area contributed by atoms with Gasteiger partial charge in [-0.05, 0) is 79.3 Å². The lowest BCUT2D eigenvalue weighted by molar-refractivity contribution is -0.709. The Kier molecular flexibility index (Phi) is 9.66. The van der Waals surface area contributed by atoms with Gasteiger partial charge in [-0.25, -0.2) is 4.57 Å². The molecule has 0 saturated heterocycles. The van der Waals surface area contributed by atoms with Crippen LogP contribution >= 0.6 is 11.8 Å². The number of nitrogens with zero attached hydrogens (tertiary/aromatic N) is 3. The number of anilines is 2. The first-order valence-corrected chi connectivity index (χ1v) is 16.7. The highest BCUT2D eigenvalue weighted by Gasteiger charge is 2.22. The molecule has 0 atom stereocenters. The van der Waals surface area contributed by atoms with Crippen LogP contribution in [0.4, 0.5) is 22.7 Å². The highest BCUT2D eigenvalue weighted by Crippen LogP contribution is 2.45. The topological polar surface area (TPSA) is 88.2 Å². The lowest BCUT2D eigenvalue weighted by Gasteiger charge is -2.13. The van der Waals surface area contributed by atoms with Gasteiger partial charge in [0.1, 0.15) is 18.4 Å². The molecule has 46 heavy (non-hydrogen) atoms. The van der Waals surface area contributed by atoms with E-state index in [9.17, 15) is 9.90 Å². The summed E-state index contributed by atoms with van der Waals surface area (Å²) in [4.78, 5) is 20.4. The van der Waals surface area contributed by atoms with Crippen LogP contribution in [0.15, 0.2) is 106 Å². The molecule has 0 spiro atoms. The zero-order chi connectivity index (χ0) is 32.0.